The summed E-state index contributed by atoms with van der Waals surface area (Å²) < 4.78 is 5.76. The quantitative estimate of drug-likeness (QED) is 0.876. The van der Waals surface area contributed by atoms with E-state index in [1.807, 2.05) is 35.2 Å². The average molecular weight is 325 g/mol. The van der Waals surface area contributed by atoms with Gasteiger partial charge in [0.05, 0.1) is 5.69 Å². The molecular weight excluding hydrogens is 302 g/mol. The Hall–Kier alpha value is -2.53. The molecule has 2 N–H and O–H groups in total. The highest BCUT2D eigenvalue weighted by molar-refractivity contribution is 5.95. The molecule has 1 fully saturated rings. The molecule has 0 aromatic heterocycles. The van der Waals surface area contributed by atoms with E-state index in [1.165, 1.54) is 0 Å². The number of likely N-dealkylation sites (N-methyl/N-ethyl adjacent to an activating group) is 1. The maximum Gasteiger partial charge on any atom is 0.254 e. The van der Waals surface area contributed by atoms with Gasteiger partial charge in [-0.3, -0.25) is 4.79 Å². The van der Waals surface area contributed by atoms with E-state index in [4.69, 9.17) is 10.5 Å². The van der Waals surface area contributed by atoms with Gasteiger partial charge < -0.3 is 20.3 Å². The maximum absolute atomic E-state index is 12.6. The lowest BCUT2D eigenvalue weighted by atomic mass is 10.1. The first-order valence-electron chi connectivity index (χ1n) is 8.17. The van der Waals surface area contributed by atoms with E-state index < -0.39 is 0 Å². The fourth-order valence-electron chi connectivity index (χ4n) is 2.74. The van der Waals surface area contributed by atoms with Crippen LogP contribution in [0.4, 0.5) is 5.69 Å². The topological polar surface area (TPSA) is 58.8 Å². The lowest BCUT2D eigenvalue weighted by molar-refractivity contribution is 0.0664. The molecule has 1 aliphatic rings. The number of anilines is 1. The van der Waals surface area contributed by atoms with Crippen LogP contribution in [0.1, 0.15) is 15.9 Å². The number of carbonyl (C=O) groups is 1. The average Bonchev–Trinajstić information content (AvgIpc) is 2.61. The minimum Gasteiger partial charge on any atom is -0.487 e. The fraction of sp³-hybridized carbons (Fsp3) is 0.316. The van der Waals surface area contributed by atoms with Gasteiger partial charge >= 0.3 is 0 Å². The Labute approximate surface area is 142 Å². The highest BCUT2D eigenvalue weighted by Crippen LogP contribution is 2.24. The Balaban J connectivity index is 1.64. The minimum absolute atomic E-state index is 0.0319. The van der Waals surface area contributed by atoms with Crippen LogP contribution in [-0.2, 0) is 6.61 Å². The third-order valence-electron chi connectivity index (χ3n) is 4.28. The first-order chi connectivity index (χ1) is 11.6. The van der Waals surface area contributed by atoms with Crippen molar-refractivity contribution in [3.05, 3.63) is 59.7 Å². The normalized spacial score (nSPS) is 15.3. The number of amides is 1. The van der Waals surface area contributed by atoms with Gasteiger partial charge in [0.1, 0.15) is 12.4 Å². The van der Waals surface area contributed by atoms with Gasteiger partial charge in [0.2, 0.25) is 0 Å². The number of hydrogen-bond acceptors (Lipinski definition) is 4. The highest BCUT2D eigenvalue weighted by Gasteiger charge is 2.20. The molecule has 0 aliphatic carbocycles. The first kappa shape index (κ1) is 16.3. The number of nitrogen functional groups attached to an aromatic ring is 1. The van der Waals surface area contributed by atoms with Crippen LogP contribution in [0.25, 0.3) is 0 Å². The number of piperazine rings is 1. The van der Waals surface area contributed by atoms with E-state index in [1.54, 1.807) is 18.2 Å². The van der Waals surface area contributed by atoms with Gasteiger partial charge in [0, 0.05) is 31.7 Å². The van der Waals surface area contributed by atoms with E-state index in [2.05, 4.69) is 11.9 Å². The molecule has 0 spiro atoms. The monoisotopic (exact) mass is 325 g/mol. The second kappa shape index (κ2) is 7.36. The number of nitrogens with zero attached hydrogens (tertiary/aromatic N) is 2. The summed E-state index contributed by atoms with van der Waals surface area (Å²) in [5.74, 6) is 0.637. The zero-order chi connectivity index (χ0) is 16.9. The van der Waals surface area contributed by atoms with Gasteiger partial charge in [0.15, 0.2) is 0 Å². The standard InChI is InChI=1S/C19H23N3O2/c1-21-9-11-22(12-10-21)19(23)16-7-8-18(17(20)13-16)24-14-15-5-3-2-4-6-15/h2-8,13H,9-12,14,20H2,1H3. The van der Waals surface area contributed by atoms with Crippen molar-refractivity contribution in [1.82, 2.24) is 9.80 Å². The summed E-state index contributed by atoms with van der Waals surface area (Å²) in [5.41, 5.74) is 8.26. The number of benzene rings is 2. The Morgan fingerprint density at radius 1 is 1.08 bits per heavy atom. The van der Waals surface area contributed by atoms with Crippen molar-refractivity contribution in [2.45, 2.75) is 6.61 Å². The predicted molar refractivity (Wildman–Crippen MR) is 95.0 cm³/mol. The minimum atomic E-state index is 0.0319. The molecule has 0 unspecified atom stereocenters. The molecule has 0 bridgehead atoms. The Morgan fingerprint density at radius 2 is 1.79 bits per heavy atom. The molecule has 1 heterocycles. The van der Waals surface area contributed by atoms with Crippen molar-refractivity contribution in [1.29, 1.82) is 0 Å². The SMILES string of the molecule is CN1CCN(C(=O)c2ccc(OCc3ccccc3)c(N)c2)CC1. The van der Waals surface area contributed by atoms with Crippen LogP contribution in [0.15, 0.2) is 48.5 Å². The largest absolute Gasteiger partial charge is 0.487 e. The van der Waals surface area contributed by atoms with Crippen LogP contribution in [0.2, 0.25) is 0 Å². The number of carbonyl (C=O) groups excluding carboxylic acids is 1. The van der Waals surface area contributed by atoms with Crippen molar-refractivity contribution in [3.63, 3.8) is 0 Å². The van der Waals surface area contributed by atoms with Gasteiger partial charge in [-0.1, -0.05) is 30.3 Å². The Bertz CT molecular complexity index is 695. The zero-order valence-corrected chi connectivity index (χ0v) is 13.9. The molecule has 0 radical (unpaired) electrons. The lowest BCUT2D eigenvalue weighted by Gasteiger charge is -2.32. The van der Waals surface area contributed by atoms with Gasteiger partial charge in [-0.15, -0.1) is 0 Å². The molecule has 0 atom stereocenters. The van der Waals surface area contributed by atoms with E-state index in [0.29, 0.717) is 23.6 Å². The maximum atomic E-state index is 12.6. The molecule has 0 saturated carbocycles. The van der Waals surface area contributed by atoms with Crippen LogP contribution in [0.3, 0.4) is 0 Å². The van der Waals surface area contributed by atoms with Crippen molar-refractivity contribution in [2.75, 3.05) is 39.0 Å². The van der Waals surface area contributed by atoms with E-state index in [0.717, 1.165) is 31.7 Å². The summed E-state index contributed by atoms with van der Waals surface area (Å²) in [6.45, 7) is 3.76. The van der Waals surface area contributed by atoms with Crippen molar-refractivity contribution in [2.24, 2.45) is 0 Å². The lowest BCUT2D eigenvalue weighted by Crippen LogP contribution is -2.47. The third kappa shape index (κ3) is 3.86. The molecule has 126 valence electrons. The van der Waals surface area contributed by atoms with Gasteiger partial charge in [-0.2, -0.15) is 0 Å². The van der Waals surface area contributed by atoms with Crippen LogP contribution in [-0.4, -0.2) is 48.9 Å². The molecule has 5 nitrogen and oxygen atoms in total. The van der Waals surface area contributed by atoms with Crippen LogP contribution in [0.5, 0.6) is 5.75 Å². The Kier molecular flexibility index (Phi) is 5.01. The second-order valence-corrected chi connectivity index (χ2v) is 6.12. The summed E-state index contributed by atoms with van der Waals surface area (Å²) in [6.07, 6.45) is 0. The predicted octanol–water partition coefficient (Wildman–Crippen LogP) is 2.24. The van der Waals surface area contributed by atoms with Crippen molar-refractivity contribution in [3.8, 4) is 5.75 Å². The molecule has 1 amide bonds. The second-order valence-electron chi connectivity index (χ2n) is 6.12. The van der Waals surface area contributed by atoms with Gasteiger partial charge in [-0.25, -0.2) is 0 Å². The molecule has 2 aromatic rings. The molecular formula is C19H23N3O2. The van der Waals surface area contributed by atoms with E-state index >= 15 is 0 Å². The third-order valence-corrected chi connectivity index (χ3v) is 4.28. The number of ether oxygens (including phenoxy) is 1. The molecule has 5 heteroatoms. The molecule has 2 aromatic carbocycles. The van der Waals surface area contributed by atoms with Gasteiger partial charge in [0.25, 0.3) is 5.91 Å². The summed E-state index contributed by atoms with van der Waals surface area (Å²) >= 11 is 0. The summed E-state index contributed by atoms with van der Waals surface area (Å²) in [4.78, 5) is 16.7. The fourth-order valence-corrected chi connectivity index (χ4v) is 2.74. The van der Waals surface area contributed by atoms with Crippen LogP contribution < -0.4 is 10.5 Å². The van der Waals surface area contributed by atoms with Gasteiger partial charge in [-0.05, 0) is 30.8 Å². The summed E-state index contributed by atoms with van der Waals surface area (Å²) in [6, 6.07) is 15.2. The van der Waals surface area contributed by atoms with Crippen LogP contribution in [0, 0.1) is 0 Å². The highest BCUT2D eigenvalue weighted by atomic mass is 16.5. The van der Waals surface area contributed by atoms with E-state index in [9.17, 15) is 4.79 Å². The van der Waals surface area contributed by atoms with Crippen molar-refractivity contribution >= 4 is 11.6 Å². The van der Waals surface area contributed by atoms with Crippen LogP contribution >= 0.6 is 0 Å². The number of nitrogens with two attached hydrogens (primary N) is 1. The summed E-state index contributed by atoms with van der Waals surface area (Å²) in [5, 5.41) is 0. The van der Waals surface area contributed by atoms with E-state index in [-0.39, 0.29) is 5.91 Å². The summed E-state index contributed by atoms with van der Waals surface area (Å²) in [7, 11) is 2.07. The number of rotatable bonds is 4. The molecule has 1 aliphatic heterocycles. The first-order valence-corrected chi connectivity index (χ1v) is 8.17. The Morgan fingerprint density at radius 3 is 2.46 bits per heavy atom. The molecule has 3 rings (SSSR count). The molecule has 1 saturated heterocycles. The molecule has 24 heavy (non-hydrogen) atoms. The zero-order valence-electron chi connectivity index (χ0n) is 13.9. The van der Waals surface area contributed by atoms with Crippen molar-refractivity contribution < 1.29 is 9.53 Å². The number of hydrogen-bond donors (Lipinski definition) is 1. The smallest absolute Gasteiger partial charge is 0.254 e.